The molecule has 1 saturated heterocycles. The molecule has 5 nitrogen and oxygen atoms in total. The molecule has 1 fully saturated rings. The van der Waals surface area contributed by atoms with Crippen LogP contribution < -0.4 is 9.64 Å². The maximum absolute atomic E-state index is 13.4. The lowest BCUT2D eigenvalue weighted by atomic mass is 10.2. The molecule has 6 heteroatoms. The number of amides is 2. The molecule has 0 atom stereocenters. The number of unbranched alkanes of at least 4 members (excludes halogenated alkanes) is 1. The minimum Gasteiger partial charge on any atom is -0.455 e. The van der Waals surface area contributed by atoms with Gasteiger partial charge in [0.1, 0.15) is 5.75 Å². The number of fused-ring (bicyclic) bond motifs is 2. The van der Waals surface area contributed by atoms with E-state index in [2.05, 4.69) is 11.8 Å². The van der Waals surface area contributed by atoms with E-state index in [0.29, 0.717) is 17.3 Å². The summed E-state index contributed by atoms with van der Waals surface area (Å²) >= 11 is 6.25. The van der Waals surface area contributed by atoms with Gasteiger partial charge in [0.15, 0.2) is 5.75 Å². The van der Waals surface area contributed by atoms with Gasteiger partial charge in [0.25, 0.3) is 0 Å². The molecule has 0 unspecified atom stereocenters. The number of carbonyl (C=O) groups is 1. The van der Waals surface area contributed by atoms with Gasteiger partial charge in [0.05, 0.1) is 12.2 Å². The normalized spacial score (nSPS) is 16.8. The zero-order chi connectivity index (χ0) is 19.5. The van der Waals surface area contributed by atoms with Crippen molar-refractivity contribution >= 4 is 23.3 Å². The Morgan fingerprint density at radius 2 is 1.86 bits per heavy atom. The van der Waals surface area contributed by atoms with Crippen molar-refractivity contribution in [2.75, 3.05) is 37.6 Å². The Bertz CT molecular complexity index is 849. The van der Waals surface area contributed by atoms with Crippen molar-refractivity contribution in [3.63, 3.8) is 0 Å². The zero-order valence-electron chi connectivity index (χ0n) is 16.2. The van der Waals surface area contributed by atoms with E-state index in [0.717, 1.165) is 49.7 Å². The average molecular weight is 400 g/mol. The average Bonchev–Trinajstić information content (AvgIpc) is 2.88. The number of rotatable bonds is 3. The first-order valence-electron chi connectivity index (χ1n) is 10.00. The molecular formula is C22H26ClN3O2. The van der Waals surface area contributed by atoms with Crippen LogP contribution in [0.1, 0.15) is 25.3 Å². The lowest BCUT2D eigenvalue weighted by Gasteiger charge is -2.37. The molecule has 2 aromatic rings. The molecule has 0 saturated carbocycles. The minimum atomic E-state index is 0.0129. The number of piperazine rings is 1. The van der Waals surface area contributed by atoms with Crippen LogP contribution in [0.15, 0.2) is 42.5 Å². The molecule has 2 aromatic carbocycles. The number of para-hydroxylation sites is 1. The molecule has 0 spiro atoms. The van der Waals surface area contributed by atoms with Gasteiger partial charge in [-0.25, -0.2) is 4.79 Å². The highest BCUT2D eigenvalue weighted by atomic mass is 35.5. The van der Waals surface area contributed by atoms with Crippen LogP contribution in [-0.2, 0) is 6.54 Å². The van der Waals surface area contributed by atoms with Crippen LogP contribution in [0.2, 0.25) is 5.02 Å². The monoisotopic (exact) mass is 399 g/mol. The summed E-state index contributed by atoms with van der Waals surface area (Å²) in [6, 6.07) is 13.3. The van der Waals surface area contributed by atoms with E-state index in [1.54, 1.807) is 11.0 Å². The molecule has 2 aliphatic heterocycles. The van der Waals surface area contributed by atoms with E-state index in [9.17, 15) is 4.79 Å². The van der Waals surface area contributed by atoms with Crippen molar-refractivity contribution in [3.05, 3.63) is 53.1 Å². The molecule has 0 N–H and O–H groups in total. The van der Waals surface area contributed by atoms with E-state index in [4.69, 9.17) is 16.3 Å². The van der Waals surface area contributed by atoms with E-state index >= 15 is 0 Å². The number of nitrogens with zero attached hydrogens (tertiary/aromatic N) is 3. The SMILES string of the molecule is CCCCN1CCN(C(=O)N2Cc3ccccc3Oc3ccc(Cl)cc32)CC1. The third kappa shape index (κ3) is 3.96. The fourth-order valence-corrected chi connectivity index (χ4v) is 3.95. The molecular weight excluding hydrogens is 374 g/mol. The molecule has 0 radical (unpaired) electrons. The van der Waals surface area contributed by atoms with Gasteiger partial charge in [-0.1, -0.05) is 43.1 Å². The minimum absolute atomic E-state index is 0.0129. The second-order valence-corrected chi connectivity index (χ2v) is 7.81. The number of ether oxygens (including phenoxy) is 1. The number of halogens is 1. The fraction of sp³-hybridized carbons (Fsp3) is 0.409. The second kappa shape index (κ2) is 8.41. The molecule has 148 valence electrons. The fourth-order valence-electron chi connectivity index (χ4n) is 3.78. The van der Waals surface area contributed by atoms with Gasteiger partial charge in [-0.3, -0.25) is 9.80 Å². The predicted molar refractivity (Wildman–Crippen MR) is 112 cm³/mol. The molecule has 2 aliphatic rings. The Balaban J connectivity index is 1.58. The first kappa shape index (κ1) is 19.1. The van der Waals surface area contributed by atoms with Crippen LogP contribution in [0.5, 0.6) is 11.5 Å². The molecule has 0 bridgehead atoms. The highest BCUT2D eigenvalue weighted by Gasteiger charge is 2.30. The molecule has 2 amide bonds. The van der Waals surface area contributed by atoms with Gasteiger partial charge in [0, 0.05) is 36.8 Å². The lowest BCUT2D eigenvalue weighted by molar-refractivity contribution is 0.142. The predicted octanol–water partition coefficient (Wildman–Crippen LogP) is 4.99. The molecule has 0 aromatic heterocycles. The van der Waals surface area contributed by atoms with Gasteiger partial charge in [-0.2, -0.15) is 0 Å². The van der Waals surface area contributed by atoms with Gasteiger partial charge in [-0.05, 0) is 37.2 Å². The largest absolute Gasteiger partial charge is 0.455 e. The maximum Gasteiger partial charge on any atom is 0.325 e. The van der Waals surface area contributed by atoms with E-state index in [-0.39, 0.29) is 6.03 Å². The summed E-state index contributed by atoms with van der Waals surface area (Å²) in [7, 11) is 0. The van der Waals surface area contributed by atoms with Crippen LogP contribution in [0, 0.1) is 0 Å². The number of carbonyl (C=O) groups excluding carboxylic acids is 1. The highest BCUT2D eigenvalue weighted by Crippen LogP contribution is 2.40. The Hall–Kier alpha value is -2.24. The topological polar surface area (TPSA) is 36.0 Å². The van der Waals surface area contributed by atoms with Crippen LogP contribution in [0.3, 0.4) is 0 Å². The summed E-state index contributed by atoms with van der Waals surface area (Å²) in [4.78, 5) is 19.6. The van der Waals surface area contributed by atoms with Crippen molar-refractivity contribution < 1.29 is 9.53 Å². The van der Waals surface area contributed by atoms with Crippen molar-refractivity contribution in [1.29, 1.82) is 0 Å². The van der Waals surface area contributed by atoms with Gasteiger partial charge in [0.2, 0.25) is 0 Å². The van der Waals surface area contributed by atoms with E-state index < -0.39 is 0 Å². The summed E-state index contributed by atoms with van der Waals surface area (Å²) in [6.07, 6.45) is 2.41. The van der Waals surface area contributed by atoms with Crippen molar-refractivity contribution in [2.24, 2.45) is 0 Å². The standard InChI is InChI=1S/C22H26ClN3O2/c1-2-3-10-24-11-13-25(14-12-24)22(27)26-16-17-6-4-5-7-20(17)28-21-9-8-18(23)15-19(21)26/h4-9,15H,2-3,10-14,16H2,1H3. The van der Waals surface area contributed by atoms with Crippen LogP contribution in [-0.4, -0.2) is 48.6 Å². The van der Waals surface area contributed by atoms with Gasteiger partial charge in [-0.15, -0.1) is 0 Å². The summed E-state index contributed by atoms with van der Waals surface area (Å²) < 4.78 is 6.11. The number of anilines is 1. The summed E-state index contributed by atoms with van der Waals surface area (Å²) in [5, 5.41) is 0.593. The zero-order valence-corrected chi connectivity index (χ0v) is 17.0. The van der Waals surface area contributed by atoms with Crippen LogP contribution >= 0.6 is 11.6 Å². The highest BCUT2D eigenvalue weighted by molar-refractivity contribution is 6.31. The number of hydrogen-bond acceptors (Lipinski definition) is 3. The summed E-state index contributed by atoms with van der Waals surface area (Å²) in [5.41, 5.74) is 1.71. The summed E-state index contributed by atoms with van der Waals surface area (Å²) in [6.45, 7) is 7.14. The first-order chi connectivity index (χ1) is 13.7. The Morgan fingerprint density at radius 1 is 1.07 bits per heavy atom. The molecule has 0 aliphatic carbocycles. The van der Waals surface area contributed by atoms with Crippen molar-refractivity contribution in [1.82, 2.24) is 9.80 Å². The summed E-state index contributed by atoms with van der Waals surface area (Å²) in [5.74, 6) is 1.44. The van der Waals surface area contributed by atoms with Crippen molar-refractivity contribution in [2.45, 2.75) is 26.3 Å². The first-order valence-corrected chi connectivity index (χ1v) is 10.4. The van der Waals surface area contributed by atoms with E-state index in [1.807, 2.05) is 41.3 Å². The van der Waals surface area contributed by atoms with Gasteiger partial charge < -0.3 is 9.64 Å². The Morgan fingerprint density at radius 3 is 2.64 bits per heavy atom. The van der Waals surface area contributed by atoms with E-state index in [1.165, 1.54) is 12.8 Å². The number of benzene rings is 2. The second-order valence-electron chi connectivity index (χ2n) is 7.37. The lowest BCUT2D eigenvalue weighted by Crippen LogP contribution is -2.52. The van der Waals surface area contributed by atoms with Crippen LogP contribution in [0.25, 0.3) is 0 Å². The van der Waals surface area contributed by atoms with Gasteiger partial charge >= 0.3 is 6.03 Å². The molecule has 4 rings (SSSR count). The third-order valence-electron chi connectivity index (χ3n) is 5.43. The maximum atomic E-state index is 13.4. The van der Waals surface area contributed by atoms with Crippen molar-refractivity contribution in [3.8, 4) is 11.5 Å². The number of urea groups is 1. The molecule has 2 heterocycles. The number of hydrogen-bond donors (Lipinski definition) is 0. The third-order valence-corrected chi connectivity index (χ3v) is 5.67. The smallest absolute Gasteiger partial charge is 0.325 e. The molecule has 28 heavy (non-hydrogen) atoms. The Labute approximate surface area is 171 Å². The Kier molecular flexibility index (Phi) is 5.74. The quantitative estimate of drug-likeness (QED) is 0.729. The van der Waals surface area contributed by atoms with Crippen LogP contribution in [0.4, 0.5) is 10.5 Å².